The van der Waals surface area contributed by atoms with Crippen LogP contribution in [-0.4, -0.2) is 23.7 Å². The van der Waals surface area contributed by atoms with E-state index in [1.54, 1.807) is 43.3 Å². The van der Waals surface area contributed by atoms with Crippen molar-refractivity contribution in [3.05, 3.63) is 80.0 Å². The molecule has 3 aromatic rings. The average molecular weight is 448 g/mol. The van der Waals surface area contributed by atoms with Crippen LogP contribution in [0.2, 0.25) is 10.0 Å². The third kappa shape index (κ3) is 5.37. The van der Waals surface area contributed by atoms with Crippen molar-refractivity contribution in [2.75, 3.05) is 6.61 Å². The molecule has 0 atom stereocenters. The first-order valence-electron chi connectivity index (χ1n) is 8.58. The Morgan fingerprint density at radius 1 is 1.23 bits per heavy atom. The minimum absolute atomic E-state index is 0.000231. The lowest BCUT2D eigenvalue weighted by atomic mass is 10.2. The quantitative estimate of drug-likeness (QED) is 0.311. The molecule has 0 bridgehead atoms. The molecule has 8 nitrogen and oxygen atoms in total. The highest BCUT2D eigenvalue weighted by Gasteiger charge is 2.16. The van der Waals surface area contributed by atoms with Crippen LogP contribution in [0.25, 0.3) is 11.3 Å². The SMILES string of the molecule is Cc1ccc(OCC(=O)N/N=C/c2ccc(-c3ccc(Cl)cc3Cl)o2)c([N+](=O)[O-])c1. The van der Waals surface area contributed by atoms with Gasteiger partial charge in [0.1, 0.15) is 11.5 Å². The second-order valence-electron chi connectivity index (χ2n) is 6.14. The van der Waals surface area contributed by atoms with Crippen LogP contribution < -0.4 is 10.2 Å². The van der Waals surface area contributed by atoms with Crippen LogP contribution in [-0.2, 0) is 4.79 Å². The van der Waals surface area contributed by atoms with Crippen LogP contribution in [0.4, 0.5) is 5.69 Å². The summed E-state index contributed by atoms with van der Waals surface area (Å²) >= 11 is 12.0. The number of nitrogens with zero attached hydrogens (tertiary/aromatic N) is 2. The van der Waals surface area contributed by atoms with Gasteiger partial charge in [-0.05, 0) is 48.9 Å². The van der Waals surface area contributed by atoms with Crippen molar-refractivity contribution in [2.24, 2.45) is 5.10 Å². The van der Waals surface area contributed by atoms with Crippen LogP contribution in [0, 0.1) is 17.0 Å². The van der Waals surface area contributed by atoms with Gasteiger partial charge in [-0.15, -0.1) is 0 Å². The van der Waals surface area contributed by atoms with Crippen molar-refractivity contribution in [3.8, 4) is 17.1 Å². The number of amides is 1. The number of halogens is 2. The fourth-order valence-corrected chi connectivity index (χ4v) is 2.99. The van der Waals surface area contributed by atoms with Crippen LogP contribution in [0.1, 0.15) is 11.3 Å². The normalized spacial score (nSPS) is 10.9. The number of benzene rings is 2. The summed E-state index contributed by atoms with van der Waals surface area (Å²) in [5.41, 5.74) is 3.42. The van der Waals surface area contributed by atoms with Crippen molar-refractivity contribution >= 4 is 41.0 Å². The molecular weight excluding hydrogens is 433 g/mol. The molecular formula is C20H15Cl2N3O5. The van der Waals surface area contributed by atoms with Gasteiger partial charge in [-0.2, -0.15) is 5.10 Å². The standard InChI is InChI=1S/C20H15Cl2N3O5/c1-12-2-6-19(17(8-12)25(27)28)29-11-20(26)24-23-10-14-4-7-18(30-14)15-5-3-13(21)9-16(15)22/h2-10H,11H2,1H3,(H,24,26)/b23-10+. The molecule has 3 rings (SSSR count). The molecule has 0 aliphatic heterocycles. The number of furan rings is 1. The maximum Gasteiger partial charge on any atom is 0.311 e. The van der Waals surface area contributed by atoms with E-state index >= 15 is 0 Å². The van der Waals surface area contributed by atoms with E-state index in [0.717, 1.165) is 0 Å². The minimum atomic E-state index is -0.589. The van der Waals surface area contributed by atoms with Crippen molar-refractivity contribution in [3.63, 3.8) is 0 Å². The molecule has 10 heteroatoms. The minimum Gasteiger partial charge on any atom is -0.477 e. The van der Waals surface area contributed by atoms with Crippen LogP contribution in [0.5, 0.6) is 5.75 Å². The molecule has 154 valence electrons. The van der Waals surface area contributed by atoms with E-state index in [1.165, 1.54) is 18.3 Å². The number of nitro groups is 1. The maximum absolute atomic E-state index is 11.9. The van der Waals surface area contributed by atoms with Crippen LogP contribution in [0.3, 0.4) is 0 Å². The van der Waals surface area contributed by atoms with Crippen molar-refractivity contribution in [1.82, 2.24) is 5.43 Å². The first-order valence-corrected chi connectivity index (χ1v) is 9.34. The Balaban J connectivity index is 1.57. The molecule has 0 saturated heterocycles. The molecule has 1 heterocycles. The molecule has 1 aromatic heterocycles. The Hall–Kier alpha value is -3.36. The van der Waals surface area contributed by atoms with Gasteiger partial charge in [0.2, 0.25) is 0 Å². The number of nitro benzene ring substituents is 1. The summed E-state index contributed by atoms with van der Waals surface area (Å²) in [5, 5.41) is 15.8. The second kappa shape index (κ2) is 9.43. The number of carbonyl (C=O) groups is 1. The van der Waals surface area contributed by atoms with Gasteiger partial charge in [0.25, 0.3) is 5.91 Å². The molecule has 0 saturated carbocycles. The number of ether oxygens (including phenoxy) is 1. The smallest absolute Gasteiger partial charge is 0.311 e. The molecule has 0 spiro atoms. The number of hydrogen-bond acceptors (Lipinski definition) is 6. The summed E-state index contributed by atoms with van der Waals surface area (Å²) in [7, 11) is 0. The monoisotopic (exact) mass is 447 g/mol. The number of nitrogens with one attached hydrogen (secondary N) is 1. The number of rotatable bonds is 7. The van der Waals surface area contributed by atoms with E-state index in [4.69, 9.17) is 32.4 Å². The summed E-state index contributed by atoms with van der Waals surface area (Å²) in [6, 6.07) is 12.8. The fraction of sp³-hybridized carbons (Fsp3) is 0.100. The summed E-state index contributed by atoms with van der Waals surface area (Å²) in [6.07, 6.45) is 1.31. The Morgan fingerprint density at radius 2 is 2.03 bits per heavy atom. The first-order chi connectivity index (χ1) is 14.3. The number of aryl methyl sites for hydroxylation is 1. The highest BCUT2D eigenvalue weighted by Crippen LogP contribution is 2.31. The zero-order valence-electron chi connectivity index (χ0n) is 15.6. The lowest BCUT2D eigenvalue weighted by Gasteiger charge is -2.06. The van der Waals surface area contributed by atoms with Crippen molar-refractivity contribution in [2.45, 2.75) is 6.92 Å². The molecule has 0 aliphatic rings. The lowest BCUT2D eigenvalue weighted by molar-refractivity contribution is -0.385. The summed E-state index contributed by atoms with van der Waals surface area (Å²) in [6.45, 7) is 1.28. The Kier molecular flexibility index (Phi) is 6.71. The molecule has 0 aliphatic carbocycles. The Labute approximate surface area is 181 Å². The predicted octanol–water partition coefficient (Wildman–Crippen LogP) is 5.00. The third-order valence-electron chi connectivity index (χ3n) is 3.87. The Morgan fingerprint density at radius 3 is 2.77 bits per heavy atom. The zero-order valence-corrected chi connectivity index (χ0v) is 17.1. The van der Waals surface area contributed by atoms with E-state index in [9.17, 15) is 14.9 Å². The highest BCUT2D eigenvalue weighted by molar-refractivity contribution is 6.36. The molecule has 0 unspecified atom stereocenters. The van der Waals surface area contributed by atoms with Crippen LogP contribution in [0.15, 0.2) is 58.0 Å². The molecule has 2 aromatic carbocycles. The Bertz CT molecular complexity index is 1130. The van der Waals surface area contributed by atoms with Gasteiger partial charge in [-0.3, -0.25) is 14.9 Å². The first kappa shape index (κ1) is 21.4. The van der Waals surface area contributed by atoms with Gasteiger partial charge >= 0.3 is 5.69 Å². The third-order valence-corrected chi connectivity index (χ3v) is 4.42. The van der Waals surface area contributed by atoms with E-state index in [-0.39, 0.29) is 11.4 Å². The maximum atomic E-state index is 11.9. The summed E-state index contributed by atoms with van der Waals surface area (Å²) < 4.78 is 10.8. The fourth-order valence-electron chi connectivity index (χ4n) is 2.49. The second-order valence-corrected chi connectivity index (χ2v) is 6.98. The van der Waals surface area contributed by atoms with Gasteiger partial charge in [-0.25, -0.2) is 5.43 Å². The van der Waals surface area contributed by atoms with Gasteiger partial charge in [-0.1, -0.05) is 29.3 Å². The number of hydrogen-bond donors (Lipinski definition) is 1. The zero-order chi connectivity index (χ0) is 21.7. The topological polar surface area (TPSA) is 107 Å². The van der Waals surface area contributed by atoms with E-state index < -0.39 is 17.4 Å². The molecule has 0 radical (unpaired) electrons. The molecule has 1 N–H and O–H groups in total. The lowest BCUT2D eigenvalue weighted by Crippen LogP contribution is -2.24. The van der Waals surface area contributed by atoms with Crippen molar-refractivity contribution < 1.29 is 18.9 Å². The van der Waals surface area contributed by atoms with Crippen LogP contribution >= 0.6 is 23.2 Å². The average Bonchev–Trinajstić information content (AvgIpc) is 3.15. The number of hydrazone groups is 1. The molecule has 1 amide bonds. The van der Waals surface area contributed by atoms with Gasteiger partial charge < -0.3 is 9.15 Å². The largest absolute Gasteiger partial charge is 0.477 e. The van der Waals surface area contributed by atoms with Gasteiger partial charge in [0.05, 0.1) is 16.2 Å². The van der Waals surface area contributed by atoms with E-state index in [2.05, 4.69) is 10.5 Å². The summed E-state index contributed by atoms with van der Waals surface area (Å²) in [5.74, 6) is 0.305. The molecule has 0 fully saturated rings. The predicted molar refractivity (Wildman–Crippen MR) is 113 cm³/mol. The van der Waals surface area contributed by atoms with E-state index in [0.29, 0.717) is 32.7 Å². The van der Waals surface area contributed by atoms with Gasteiger partial charge in [0, 0.05) is 16.7 Å². The number of carbonyl (C=O) groups excluding carboxylic acids is 1. The summed E-state index contributed by atoms with van der Waals surface area (Å²) in [4.78, 5) is 22.4. The highest BCUT2D eigenvalue weighted by atomic mass is 35.5. The molecule has 30 heavy (non-hydrogen) atoms. The van der Waals surface area contributed by atoms with Gasteiger partial charge in [0.15, 0.2) is 12.4 Å². The van der Waals surface area contributed by atoms with E-state index in [1.807, 2.05) is 0 Å². The van der Waals surface area contributed by atoms with Crippen molar-refractivity contribution in [1.29, 1.82) is 0 Å².